The van der Waals surface area contributed by atoms with Crippen molar-refractivity contribution < 1.29 is 24.5 Å². The molecule has 75 heavy (non-hydrogen) atoms. The zero-order chi connectivity index (χ0) is 54.3. The van der Waals surface area contributed by atoms with Crippen molar-refractivity contribution in [2.75, 3.05) is 13.2 Å². The Morgan fingerprint density at radius 2 is 0.680 bits per heavy atom. The highest BCUT2D eigenvalue weighted by Gasteiger charge is 2.18. The summed E-state index contributed by atoms with van der Waals surface area (Å²) in [7, 11) is 0. The highest BCUT2D eigenvalue weighted by molar-refractivity contribution is 5.76. The van der Waals surface area contributed by atoms with Crippen LogP contribution in [0, 0.1) is 0 Å². The smallest absolute Gasteiger partial charge is 0.305 e. The third-order valence-electron chi connectivity index (χ3n) is 15.7. The minimum atomic E-state index is -0.841. The molecule has 0 saturated heterocycles. The summed E-state index contributed by atoms with van der Waals surface area (Å²) in [4.78, 5) is 24.5. The molecule has 1 amide bonds. The SMILES string of the molecule is CCCC/C=C\C/C=C\CCCCCCCC(=O)OCCCCCCCCCCCCCCCCCCCCCCCCCCCCCCCCC(=O)NC(CO)C(O)/C=C/CCCCCCCCCCCCCC. The molecule has 442 valence electrons. The Kier molecular flexibility index (Phi) is 63.0. The third-order valence-corrected chi connectivity index (χ3v) is 15.7. The van der Waals surface area contributed by atoms with Gasteiger partial charge in [0, 0.05) is 12.8 Å². The lowest BCUT2D eigenvalue weighted by molar-refractivity contribution is -0.143. The second kappa shape index (κ2) is 64.6. The zero-order valence-corrected chi connectivity index (χ0v) is 50.5. The van der Waals surface area contributed by atoms with Crippen molar-refractivity contribution in [1.82, 2.24) is 5.32 Å². The van der Waals surface area contributed by atoms with E-state index < -0.39 is 12.1 Å². The van der Waals surface area contributed by atoms with Crippen LogP contribution in [0.25, 0.3) is 0 Å². The van der Waals surface area contributed by atoms with Crippen LogP contribution in [0.1, 0.15) is 367 Å². The lowest BCUT2D eigenvalue weighted by atomic mass is 10.0. The minimum Gasteiger partial charge on any atom is -0.466 e. The number of aliphatic hydroxyl groups is 2. The molecular formula is C69H131NO5. The number of ether oxygens (including phenoxy) is 1. The first-order valence-corrected chi connectivity index (χ1v) is 33.8. The Morgan fingerprint density at radius 3 is 1.05 bits per heavy atom. The predicted molar refractivity (Wildman–Crippen MR) is 329 cm³/mol. The molecule has 0 heterocycles. The van der Waals surface area contributed by atoms with Crippen molar-refractivity contribution in [1.29, 1.82) is 0 Å². The van der Waals surface area contributed by atoms with E-state index >= 15 is 0 Å². The third kappa shape index (κ3) is 61.2. The lowest BCUT2D eigenvalue weighted by Crippen LogP contribution is -2.45. The second-order valence-corrected chi connectivity index (χ2v) is 23.2. The molecule has 6 nitrogen and oxygen atoms in total. The molecular weight excluding hydrogens is 923 g/mol. The first-order chi connectivity index (χ1) is 37.0. The monoisotopic (exact) mass is 1050 g/mol. The van der Waals surface area contributed by atoms with Crippen LogP contribution in [-0.2, 0) is 14.3 Å². The summed E-state index contributed by atoms with van der Waals surface area (Å²) in [5, 5.41) is 23.1. The van der Waals surface area contributed by atoms with Crippen LogP contribution in [0.3, 0.4) is 0 Å². The number of allylic oxidation sites excluding steroid dienone is 5. The number of amides is 1. The van der Waals surface area contributed by atoms with Crippen molar-refractivity contribution in [2.45, 2.75) is 379 Å². The van der Waals surface area contributed by atoms with Gasteiger partial charge in [-0.1, -0.05) is 333 Å². The Labute approximate surface area is 468 Å². The first kappa shape index (κ1) is 73.1. The number of unbranched alkanes of at least 4 members (excludes halogenated alkanes) is 48. The van der Waals surface area contributed by atoms with Gasteiger partial charge in [0.1, 0.15) is 0 Å². The first-order valence-electron chi connectivity index (χ1n) is 33.8. The van der Waals surface area contributed by atoms with Gasteiger partial charge in [-0.15, -0.1) is 0 Å². The lowest BCUT2D eigenvalue weighted by Gasteiger charge is -2.20. The molecule has 0 fully saturated rings. The fraction of sp³-hybridized carbons (Fsp3) is 0.884. The molecule has 2 unspecified atom stereocenters. The number of carbonyl (C=O) groups excluding carboxylic acids is 2. The molecule has 0 aromatic heterocycles. The van der Waals surface area contributed by atoms with Crippen LogP contribution in [0.2, 0.25) is 0 Å². The summed E-state index contributed by atoms with van der Waals surface area (Å²) in [6.07, 6.45) is 82.2. The molecule has 6 heteroatoms. The summed E-state index contributed by atoms with van der Waals surface area (Å²) >= 11 is 0. The van der Waals surface area contributed by atoms with Gasteiger partial charge in [0.2, 0.25) is 5.91 Å². The summed E-state index contributed by atoms with van der Waals surface area (Å²) < 4.78 is 5.48. The van der Waals surface area contributed by atoms with Gasteiger partial charge >= 0.3 is 5.97 Å². The number of carbonyl (C=O) groups is 2. The number of hydrogen-bond donors (Lipinski definition) is 3. The molecule has 0 aromatic carbocycles. The topological polar surface area (TPSA) is 95.9 Å². The van der Waals surface area contributed by atoms with Crippen LogP contribution < -0.4 is 5.32 Å². The molecule has 0 radical (unpaired) electrons. The predicted octanol–water partition coefficient (Wildman–Crippen LogP) is 21.5. The van der Waals surface area contributed by atoms with E-state index in [1.165, 1.54) is 289 Å². The average Bonchev–Trinajstić information content (AvgIpc) is 3.41. The van der Waals surface area contributed by atoms with E-state index in [0.29, 0.717) is 19.4 Å². The molecule has 0 bridgehead atoms. The van der Waals surface area contributed by atoms with Gasteiger partial charge in [-0.05, 0) is 57.8 Å². The molecule has 0 aliphatic heterocycles. The van der Waals surface area contributed by atoms with Gasteiger partial charge < -0.3 is 20.3 Å². The summed E-state index contributed by atoms with van der Waals surface area (Å²) in [5.74, 6) is -0.0575. The molecule has 0 saturated carbocycles. The highest BCUT2D eigenvalue weighted by atomic mass is 16.5. The number of esters is 1. The fourth-order valence-electron chi connectivity index (χ4n) is 10.5. The molecule has 2 atom stereocenters. The maximum absolute atomic E-state index is 12.5. The van der Waals surface area contributed by atoms with Gasteiger partial charge in [0.25, 0.3) is 0 Å². The van der Waals surface area contributed by atoms with Crippen molar-refractivity contribution in [2.24, 2.45) is 0 Å². The Bertz CT molecular complexity index is 1210. The maximum atomic E-state index is 12.5. The largest absolute Gasteiger partial charge is 0.466 e. The summed E-state index contributed by atoms with van der Waals surface area (Å²) in [6.45, 7) is 4.88. The Hall–Kier alpha value is -1.92. The van der Waals surface area contributed by atoms with Crippen LogP contribution in [0.15, 0.2) is 36.5 Å². The molecule has 0 aliphatic rings. The van der Waals surface area contributed by atoms with Crippen LogP contribution in [-0.4, -0.2) is 47.4 Å². The van der Waals surface area contributed by atoms with Gasteiger partial charge in [-0.25, -0.2) is 0 Å². The van der Waals surface area contributed by atoms with Crippen molar-refractivity contribution >= 4 is 11.9 Å². The maximum Gasteiger partial charge on any atom is 0.305 e. The summed E-state index contributed by atoms with van der Waals surface area (Å²) in [6, 6.07) is -0.624. The van der Waals surface area contributed by atoms with E-state index in [9.17, 15) is 19.8 Å². The van der Waals surface area contributed by atoms with Gasteiger partial charge in [-0.2, -0.15) is 0 Å². The van der Waals surface area contributed by atoms with E-state index in [0.717, 1.165) is 51.4 Å². The van der Waals surface area contributed by atoms with Crippen molar-refractivity contribution in [3.63, 3.8) is 0 Å². The van der Waals surface area contributed by atoms with Gasteiger partial charge in [-0.3, -0.25) is 9.59 Å². The van der Waals surface area contributed by atoms with E-state index in [1.807, 2.05) is 6.08 Å². The molecule has 0 rings (SSSR count). The van der Waals surface area contributed by atoms with E-state index in [1.54, 1.807) is 6.08 Å². The van der Waals surface area contributed by atoms with Crippen LogP contribution in [0.4, 0.5) is 0 Å². The zero-order valence-electron chi connectivity index (χ0n) is 50.5. The van der Waals surface area contributed by atoms with Gasteiger partial charge in [0.15, 0.2) is 0 Å². The number of hydrogen-bond acceptors (Lipinski definition) is 5. The van der Waals surface area contributed by atoms with Crippen molar-refractivity contribution in [3.05, 3.63) is 36.5 Å². The number of rotatable bonds is 63. The molecule has 0 aliphatic carbocycles. The fourth-order valence-corrected chi connectivity index (χ4v) is 10.5. The number of nitrogens with one attached hydrogen (secondary N) is 1. The minimum absolute atomic E-state index is 0.00522. The van der Waals surface area contributed by atoms with Crippen LogP contribution in [0.5, 0.6) is 0 Å². The standard InChI is InChI=1S/C69H131NO5/c1-3-5-7-9-11-13-15-17-37-41-45-49-53-57-61-67(72)66(65-71)70-68(73)62-58-54-50-46-42-38-35-33-31-29-27-25-23-21-19-20-22-24-26-28-30-32-34-36-40-44-48-52-56-60-64-75-69(74)63-59-55-51-47-43-39-18-16-14-12-10-8-6-4-2/h10,12,16,18,57,61,66-67,71-72H,3-9,11,13-15,17,19-56,58-60,62-65H2,1-2H3,(H,70,73)/b12-10-,18-16-,61-57+. The average molecular weight is 1050 g/mol. The normalized spacial score (nSPS) is 12.7. The summed E-state index contributed by atoms with van der Waals surface area (Å²) in [5.41, 5.74) is 0. The second-order valence-electron chi connectivity index (χ2n) is 23.2. The van der Waals surface area contributed by atoms with E-state index in [-0.39, 0.29) is 18.5 Å². The van der Waals surface area contributed by atoms with Crippen molar-refractivity contribution in [3.8, 4) is 0 Å². The number of aliphatic hydroxyl groups excluding tert-OH is 2. The van der Waals surface area contributed by atoms with E-state index in [4.69, 9.17) is 4.74 Å². The van der Waals surface area contributed by atoms with Gasteiger partial charge in [0.05, 0.1) is 25.4 Å². The Morgan fingerprint density at radius 1 is 0.373 bits per heavy atom. The van der Waals surface area contributed by atoms with E-state index in [2.05, 4.69) is 43.5 Å². The quantitative estimate of drug-likeness (QED) is 0.0320. The Balaban J connectivity index is 3.34. The molecule has 3 N–H and O–H groups in total. The molecule has 0 spiro atoms. The molecule has 0 aromatic rings. The highest BCUT2D eigenvalue weighted by Crippen LogP contribution is 2.18. The van der Waals surface area contributed by atoms with Crippen LogP contribution >= 0.6 is 0 Å².